The molecule has 0 aliphatic heterocycles. The number of aromatic nitrogens is 1. The number of fused-ring (bicyclic) bond motifs is 3. The third-order valence-electron chi connectivity index (χ3n) is 4.92. The van der Waals surface area contributed by atoms with Crippen LogP contribution in [0.3, 0.4) is 0 Å². The number of furan rings is 1. The van der Waals surface area contributed by atoms with Gasteiger partial charge in [0.1, 0.15) is 16.9 Å². The Labute approximate surface area is 184 Å². The van der Waals surface area contributed by atoms with Gasteiger partial charge in [-0.2, -0.15) is 0 Å². The zero-order chi connectivity index (χ0) is 22.4. The molecule has 0 unspecified atom stereocenters. The van der Waals surface area contributed by atoms with Crippen molar-refractivity contribution in [2.75, 3.05) is 12.8 Å². The van der Waals surface area contributed by atoms with Gasteiger partial charge in [-0.15, -0.1) is 11.3 Å². The van der Waals surface area contributed by atoms with E-state index >= 15 is 0 Å². The summed E-state index contributed by atoms with van der Waals surface area (Å²) >= 11 is 1.36. The van der Waals surface area contributed by atoms with Crippen LogP contribution in [0.4, 0.5) is 5.88 Å². The summed E-state index contributed by atoms with van der Waals surface area (Å²) in [6.07, 6.45) is 0. The summed E-state index contributed by atoms with van der Waals surface area (Å²) in [5.41, 5.74) is 12.6. The van der Waals surface area contributed by atoms with Crippen LogP contribution in [0.1, 0.15) is 20.7 Å². The lowest BCUT2D eigenvalue weighted by Crippen LogP contribution is -2.16. The lowest BCUT2D eigenvalue weighted by Gasteiger charge is -2.13. The number of para-hydroxylation sites is 1. The second kappa shape index (κ2) is 7.43. The first kappa shape index (κ1) is 19.6. The highest BCUT2D eigenvalue weighted by Crippen LogP contribution is 2.42. The second-order valence-electron chi connectivity index (χ2n) is 6.76. The van der Waals surface area contributed by atoms with Crippen molar-refractivity contribution in [2.24, 2.45) is 5.73 Å². The topological polar surface area (TPSA) is 144 Å². The minimum absolute atomic E-state index is 0.00222. The normalized spacial score (nSPS) is 11.2. The molecule has 9 nitrogen and oxygen atoms in total. The number of nitrogens with zero attached hydrogens (tertiary/aromatic N) is 1. The Bertz CT molecular complexity index is 1500. The number of nitrogen functional groups attached to an aromatic ring is 1. The molecule has 5 rings (SSSR count). The Hall–Kier alpha value is -4.31. The molecule has 5 aromatic rings. The summed E-state index contributed by atoms with van der Waals surface area (Å²) in [5.74, 6) is -1.86. The lowest BCUT2D eigenvalue weighted by molar-refractivity contribution is 0.0729. The fourth-order valence-electron chi connectivity index (χ4n) is 3.59. The van der Waals surface area contributed by atoms with Gasteiger partial charge in [0.15, 0.2) is 17.1 Å². The molecular formula is C22H15N3O6S. The van der Waals surface area contributed by atoms with Crippen LogP contribution in [0.5, 0.6) is 11.5 Å². The van der Waals surface area contributed by atoms with Crippen molar-refractivity contribution in [3.63, 3.8) is 0 Å². The Morgan fingerprint density at radius 1 is 1.09 bits per heavy atom. The van der Waals surface area contributed by atoms with E-state index in [1.807, 2.05) is 11.4 Å². The van der Waals surface area contributed by atoms with Gasteiger partial charge in [-0.1, -0.05) is 29.4 Å². The summed E-state index contributed by atoms with van der Waals surface area (Å²) in [4.78, 5) is 26.1. The molecule has 0 fully saturated rings. The molecule has 0 saturated carbocycles. The third-order valence-corrected chi connectivity index (χ3v) is 5.79. The van der Waals surface area contributed by atoms with Gasteiger partial charge in [0, 0.05) is 16.8 Å². The van der Waals surface area contributed by atoms with Crippen molar-refractivity contribution in [1.29, 1.82) is 0 Å². The van der Waals surface area contributed by atoms with Crippen LogP contribution < -0.4 is 20.9 Å². The maximum absolute atomic E-state index is 13.1. The molecule has 0 aliphatic rings. The Kier molecular flexibility index (Phi) is 4.56. The molecule has 3 heterocycles. The molecule has 10 heteroatoms. The number of amides is 1. The van der Waals surface area contributed by atoms with Crippen molar-refractivity contribution < 1.29 is 28.0 Å². The number of carbonyl (C=O) groups is 2. The summed E-state index contributed by atoms with van der Waals surface area (Å²) < 4.78 is 21.9. The molecule has 2 aromatic carbocycles. The van der Waals surface area contributed by atoms with E-state index in [1.54, 1.807) is 30.3 Å². The minimum atomic E-state index is -0.837. The highest BCUT2D eigenvalue weighted by atomic mass is 32.1. The van der Waals surface area contributed by atoms with Crippen molar-refractivity contribution in [1.82, 2.24) is 5.16 Å². The number of nitrogens with two attached hydrogens (primary N) is 2. The first-order chi connectivity index (χ1) is 15.5. The van der Waals surface area contributed by atoms with Gasteiger partial charge in [0.2, 0.25) is 5.88 Å². The SMILES string of the molecule is COc1c(OC(=O)c2c(-c3cccs3)noc2N)cc2oc3ccccc3c2c1C(N)=O. The molecule has 0 saturated heterocycles. The van der Waals surface area contributed by atoms with Crippen LogP contribution in [0.25, 0.3) is 32.5 Å². The predicted octanol–water partition coefficient (Wildman–Crippen LogP) is 4.21. The van der Waals surface area contributed by atoms with Crippen LogP contribution in [0.2, 0.25) is 0 Å². The second-order valence-corrected chi connectivity index (χ2v) is 7.70. The maximum Gasteiger partial charge on any atom is 0.351 e. The summed E-state index contributed by atoms with van der Waals surface area (Å²) in [5, 5.41) is 6.84. The number of benzene rings is 2. The van der Waals surface area contributed by atoms with Gasteiger partial charge in [-0.25, -0.2) is 4.79 Å². The minimum Gasteiger partial charge on any atom is -0.492 e. The molecule has 0 atom stereocenters. The van der Waals surface area contributed by atoms with E-state index in [0.29, 0.717) is 26.8 Å². The molecule has 0 aliphatic carbocycles. The standard InChI is InChI=1S/C22H15N3O6S/c1-28-19-13(30-22(27)17-18(25-31-21(17)24)14-7-4-8-32-14)9-12-15(16(19)20(23)26)10-5-2-3-6-11(10)29-12/h2-9H,24H2,1H3,(H2,23,26). The third kappa shape index (κ3) is 2.96. The van der Waals surface area contributed by atoms with Crippen molar-refractivity contribution >= 4 is 51.0 Å². The average molecular weight is 449 g/mol. The molecule has 0 bridgehead atoms. The fraction of sp³-hybridized carbons (Fsp3) is 0.0455. The van der Waals surface area contributed by atoms with Crippen LogP contribution in [0, 0.1) is 0 Å². The summed E-state index contributed by atoms with van der Waals surface area (Å²) in [6.45, 7) is 0. The van der Waals surface area contributed by atoms with Gasteiger partial charge in [-0.05, 0) is 17.5 Å². The Morgan fingerprint density at radius 3 is 2.62 bits per heavy atom. The van der Waals surface area contributed by atoms with Crippen molar-refractivity contribution in [2.45, 2.75) is 0 Å². The molecule has 0 radical (unpaired) electrons. The highest BCUT2D eigenvalue weighted by molar-refractivity contribution is 7.13. The van der Waals surface area contributed by atoms with Crippen LogP contribution >= 0.6 is 11.3 Å². The number of ether oxygens (including phenoxy) is 2. The first-order valence-corrected chi connectivity index (χ1v) is 10.2. The highest BCUT2D eigenvalue weighted by Gasteiger charge is 2.29. The Balaban J connectivity index is 1.67. The monoisotopic (exact) mass is 449 g/mol. The van der Waals surface area contributed by atoms with Gasteiger partial charge in [0.25, 0.3) is 5.91 Å². The Morgan fingerprint density at radius 2 is 1.91 bits per heavy atom. The van der Waals surface area contributed by atoms with Crippen LogP contribution in [0.15, 0.2) is 56.8 Å². The van der Waals surface area contributed by atoms with E-state index in [2.05, 4.69) is 5.16 Å². The average Bonchev–Trinajstić information content (AvgIpc) is 3.50. The van der Waals surface area contributed by atoms with Gasteiger partial charge in [-0.3, -0.25) is 4.79 Å². The number of rotatable bonds is 5. The summed E-state index contributed by atoms with van der Waals surface area (Å²) in [7, 11) is 1.35. The zero-order valence-electron chi connectivity index (χ0n) is 16.6. The first-order valence-electron chi connectivity index (χ1n) is 9.32. The number of primary amides is 1. The molecule has 1 amide bonds. The number of hydrogen-bond donors (Lipinski definition) is 2. The molecule has 160 valence electrons. The predicted molar refractivity (Wildman–Crippen MR) is 118 cm³/mol. The number of hydrogen-bond acceptors (Lipinski definition) is 9. The van der Waals surface area contributed by atoms with Gasteiger partial charge < -0.3 is 29.9 Å². The van der Waals surface area contributed by atoms with Gasteiger partial charge in [0.05, 0.1) is 17.6 Å². The number of thiophene rings is 1. The van der Waals surface area contributed by atoms with Crippen LogP contribution in [-0.4, -0.2) is 24.1 Å². The number of anilines is 1. The molecule has 3 aromatic heterocycles. The van der Waals surface area contributed by atoms with E-state index in [4.69, 9.17) is 29.9 Å². The van der Waals surface area contributed by atoms with E-state index in [1.165, 1.54) is 24.5 Å². The van der Waals surface area contributed by atoms with Gasteiger partial charge >= 0.3 is 5.97 Å². The fourth-order valence-corrected chi connectivity index (χ4v) is 4.30. The largest absolute Gasteiger partial charge is 0.492 e. The zero-order valence-corrected chi connectivity index (χ0v) is 17.4. The van der Waals surface area contributed by atoms with E-state index in [0.717, 1.165) is 0 Å². The van der Waals surface area contributed by atoms with Crippen molar-refractivity contribution in [3.8, 4) is 22.1 Å². The maximum atomic E-state index is 13.1. The molecular weight excluding hydrogens is 434 g/mol. The molecule has 4 N–H and O–H groups in total. The lowest BCUT2D eigenvalue weighted by atomic mass is 10.0. The summed E-state index contributed by atoms with van der Waals surface area (Å²) in [6, 6.07) is 12.2. The number of carbonyl (C=O) groups excluding carboxylic acids is 2. The molecule has 0 spiro atoms. The molecule has 32 heavy (non-hydrogen) atoms. The quantitative estimate of drug-likeness (QED) is 0.300. The number of esters is 1. The van der Waals surface area contributed by atoms with Crippen molar-refractivity contribution in [3.05, 3.63) is 59.0 Å². The van der Waals surface area contributed by atoms with E-state index < -0.39 is 11.9 Å². The van der Waals surface area contributed by atoms with E-state index in [-0.39, 0.29) is 34.2 Å². The van der Waals surface area contributed by atoms with Crippen LogP contribution in [-0.2, 0) is 0 Å². The number of methoxy groups -OCH3 is 1. The van der Waals surface area contributed by atoms with E-state index in [9.17, 15) is 9.59 Å². The smallest absolute Gasteiger partial charge is 0.351 e.